The Labute approximate surface area is 148 Å². The van der Waals surface area contributed by atoms with Crippen LogP contribution in [-0.4, -0.2) is 18.7 Å². The van der Waals surface area contributed by atoms with Gasteiger partial charge in [0.2, 0.25) is 0 Å². The molecule has 1 unspecified atom stereocenters. The standard InChI is InChI=1S/C22H20N2O/c1-4-10-18(11-5-1)16-21-17-24(20-14-8-3-9-15-20)22(25-21)23-19-12-6-2-7-13-19/h1-15,21H,16-17H2. The predicted molar refractivity (Wildman–Crippen MR) is 102 cm³/mol. The third-order valence-corrected chi connectivity index (χ3v) is 4.24. The minimum absolute atomic E-state index is 0.0880. The molecule has 3 heteroatoms. The van der Waals surface area contributed by atoms with Crippen LogP contribution in [0.15, 0.2) is 96.0 Å². The Morgan fingerprint density at radius 1 is 0.800 bits per heavy atom. The molecule has 3 aromatic rings. The first kappa shape index (κ1) is 15.5. The maximum atomic E-state index is 6.21. The van der Waals surface area contributed by atoms with Gasteiger partial charge in [-0.15, -0.1) is 0 Å². The van der Waals surface area contributed by atoms with Gasteiger partial charge in [-0.25, -0.2) is 0 Å². The molecule has 0 radical (unpaired) electrons. The zero-order valence-corrected chi connectivity index (χ0v) is 14.0. The van der Waals surface area contributed by atoms with Crippen molar-refractivity contribution in [2.75, 3.05) is 11.4 Å². The average molecular weight is 328 g/mol. The molecule has 124 valence electrons. The summed E-state index contributed by atoms with van der Waals surface area (Å²) < 4.78 is 6.21. The Morgan fingerprint density at radius 2 is 1.40 bits per heavy atom. The van der Waals surface area contributed by atoms with Crippen LogP contribution in [0, 0.1) is 0 Å². The van der Waals surface area contributed by atoms with E-state index in [2.05, 4.69) is 41.3 Å². The zero-order valence-electron chi connectivity index (χ0n) is 14.0. The van der Waals surface area contributed by atoms with E-state index in [0.29, 0.717) is 6.02 Å². The summed E-state index contributed by atoms with van der Waals surface area (Å²) in [6, 6.07) is 31.4. The van der Waals surface area contributed by atoms with Crippen LogP contribution in [0.4, 0.5) is 11.4 Å². The average Bonchev–Trinajstić information content (AvgIpc) is 3.06. The lowest BCUT2D eigenvalue weighted by atomic mass is 10.1. The highest BCUT2D eigenvalue weighted by Crippen LogP contribution is 2.25. The number of benzene rings is 3. The summed E-state index contributed by atoms with van der Waals surface area (Å²) in [5.74, 6) is 0. The van der Waals surface area contributed by atoms with E-state index in [-0.39, 0.29) is 6.10 Å². The molecule has 1 aliphatic heterocycles. The number of para-hydroxylation sites is 2. The second kappa shape index (κ2) is 7.22. The van der Waals surface area contributed by atoms with Gasteiger partial charge in [0.25, 0.3) is 6.02 Å². The predicted octanol–water partition coefficient (Wildman–Crippen LogP) is 4.82. The summed E-state index contributed by atoms with van der Waals surface area (Å²) >= 11 is 0. The molecule has 0 aliphatic carbocycles. The summed E-state index contributed by atoms with van der Waals surface area (Å²) in [6.45, 7) is 0.796. The molecule has 25 heavy (non-hydrogen) atoms. The largest absolute Gasteiger partial charge is 0.459 e. The fourth-order valence-corrected chi connectivity index (χ4v) is 3.04. The van der Waals surface area contributed by atoms with Gasteiger partial charge in [0.15, 0.2) is 0 Å². The number of hydrogen-bond acceptors (Lipinski definition) is 2. The molecular weight excluding hydrogens is 308 g/mol. The van der Waals surface area contributed by atoms with E-state index < -0.39 is 0 Å². The van der Waals surface area contributed by atoms with Crippen molar-refractivity contribution in [2.45, 2.75) is 12.5 Å². The fourth-order valence-electron chi connectivity index (χ4n) is 3.04. The van der Waals surface area contributed by atoms with Gasteiger partial charge in [0, 0.05) is 12.1 Å². The lowest BCUT2D eigenvalue weighted by Gasteiger charge is -2.15. The second-order valence-electron chi connectivity index (χ2n) is 6.11. The van der Waals surface area contributed by atoms with Crippen molar-refractivity contribution in [3.05, 3.63) is 96.6 Å². The highest BCUT2D eigenvalue weighted by atomic mass is 16.5. The Hall–Kier alpha value is -3.07. The SMILES string of the molecule is c1ccc(CC2CN(c3ccccc3)C(=Nc3ccccc3)O2)cc1. The normalized spacial score (nSPS) is 18.3. The van der Waals surface area contributed by atoms with E-state index in [9.17, 15) is 0 Å². The van der Waals surface area contributed by atoms with Crippen LogP contribution in [-0.2, 0) is 11.2 Å². The summed E-state index contributed by atoms with van der Waals surface area (Å²) in [4.78, 5) is 6.88. The maximum absolute atomic E-state index is 6.21. The van der Waals surface area contributed by atoms with Gasteiger partial charge in [0.1, 0.15) is 6.10 Å². The van der Waals surface area contributed by atoms with Gasteiger partial charge < -0.3 is 4.74 Å². The molecule has 1 aliphatic rings. The van der Waals surface area contributed by atoms with Crippen LogP contribution < -0.4 is 4.90 Å². The van der Waals surface area contributed by atoms with Crippen molar-refractivity contribution in [1.29, 1.82) is 0 Å². The Morgan fingerprint density at radius 3 is 2.08 bits per heavy atom. The van der Waals surface area contributed by atoms with E-state index in [1.807, 2.05) is 54.6 Å². The number of aliphatic imine (C=N–C) groups is 1. The van der Waals surface area contributed by atoms with Crippen molar-refractivity contribution in [2.24, 2.45) is 4.99 Å². The fraction of sp³-hybridized carbons (Fsp3) is 0.136. The van der Waals surface area contributed by atoms with E-state index >= 15 is 0 Å². The number of hydrogen-bond donors (Lipinski definition) is 0. The van der Waals surface area contributed by atoms with E-state index in [1.54, 1.807) is 0 Å². The zero-order chi connectivity index (χ0) is 16.9. The van der Waals surface area contributed by atoms with Crippen LogP contribution in [0.25, 0.3) is 0 Å². The third kappa shape index (κ3) is 3.72. The van der Waals surface area contributed by atoms with Crippen LogP contribution in [0.3, 0.4) is 0 Å². The topological polar surface area (TPSA) is 24.8 Å². The number of anilines is 1. The van der Waals surface area contributed by atoms with Crippen molar-refractivity contribution < 1.29 is 4.74 Å². The minimum Gasteiger partial charge on any atom is -0.459 e. The quantitative estimate of drug-likeness (QED) is 0.686. The lowest BCUT2D eigenvalue weighted by Crippen LogP contribution is -2.25. The Kier molecular flexibility index (Phi) is 4.46. The van der Waals surface area contributed by atoms with Crippen molar-refractivity contribution in [3.8, 4) is 0 Å². The minimum atomic E-state index is 0.0880. The van der Waals surface area contributed by atoms with E-state index in [1.165, 1.54) is 5.56 Å². The number of amidine groups is 1. The van der Waals surface area contributed by atoms with Crippen LogP contribution in [0.1, 0.15) is 5.56 Å². The van der Waals surface area contributed by atoms with E-state index in [0.717, 1.165) is 24.3 Å². The monoisotopic (exact) mass is 328 g/mol. The first-order valence-corrected chi connectivity index (χ1v) is 8.55. The van der Waals surface area contributed by atoms with Crippen LogP contribution >= 0.6 is 0 Å². The third-order valence-electron chi connectivity index (χ3n) is 4.24. The molecule has 0 spiro atoms. The number of nitrogens with zero attached hydrogens (tertiary/aromatic N) is 2. The molecule has 0 bridgehead atoms. The van der Waals surface area contributed by atoms with E-state index in [4.69, 9.17) is 9.73 Å². The van der Waals surface area contributed by atoms with Crippen LogP contribution in [0.2, 0.25) is 0 Å². The van der Waals surface area contributed by atoms with Crippen molar-refractivity contribution in [3.63, 3.8) is 0 Å². The molecule has 0 saturated carbocycles. The molecule has 1 fully saturated rings. The van der Waals surface area contributed by atoms with Gasteiger partial charge in [-0.2, -0.15) is 4.99 Å². The van der Waals surface area contributed by atoms with Gasteiger partial charge in [-0.05, 0) is 29.8 Å². The first-order chi connectivity index (χ1) is 12.4. The van der Waals surface area contributed by atoms with Gasteiger partial charge >= 0.3 is 0 Å². The van der Waals surface area contributed by atoms with Gasteiger partial charge in [-0.3, -0.25) is 4.90 Å². The smallest absolute Gasteiger partial charge is 0.297 e. The molecule has 3 nitrogen and oxygen atoms in total. The Balaban J connectivity index is 1.61. The Bertz CT molecular complexity index is 832. The summed E-state index contributed by atoms with van der Waals surface area (Å²) in [5.41, 5.74) is 3.29. The van der Waals surface area contributed by atoms with Gasteiger partial charge in [0.05, 0.1) is 12.2 Å². The molecular formula is C22H20N2O. The van der Waals surface area contributed by atoms with Crippen molar-refractivity contribution >= 4 is 17.4 Å². The molecule has 1 saturated heterocycles. The van der Waals surface area contributed by atoms with Gasteiger partial charge in [-0.1, -0.05) is 66.7 Å². The molecule has 1 atom stereocenters. The van der Waals surface area contributed by atoms with Crippen LogP contribution in [0.5, 0.6) is 0 Å². The summed E-state index contributed by atoms with van der Waals surface area (Å²) in [7, 11) is 0. The highest BCUT2D eigenvalue weighted by molar-refractivity contribution is 5.95. The number of rotatable bonds is 4. The maximum Gasteiger partial charge on any atom is 0.297 e. The molecule has 1 heterocycles. The highest BCUT2D eigenvalue weighted by Gasteiger charge is 2.30. The molecule has 0 amide bonds. The second-order valence-corrected chi connectivity index (χ2v) is 6.11. The molecule has 4 rings (SSSR count). The molecule has 0 aromatic heterocycles. The summed E-state index contributed by atoms with van der Waals surface area (Å²) in [6.07, 6.45) is 0.961. The number of ether oxygens (including phenoxy) is 1. The van der Waals surface area contributed by atoms with Crippen molar-refractivity contribution in [1.82, 2.24) is 0 Å². The lowest BCUT2D eigenvalue weighted by molar-refractivity contribution is 0.231. The molecule has 3 aromatic carbocycles. The first-order valence-electron chi connectivity index (χ1n) is 8.55. The molecule has 0 N–H and O–H groups in total. The summed E-state index contributed by atoms with van der Waals surface area (Å²) in [5, 5.41) is 0.